The van der Waals surface area contributed by atoms with Crippen LogP contribution in [0.4, 0.5) is 11.6 Å². The van der Waals surface area contributed by atoms with Crippen molar-refractivity contribution in [2.75, 3.05) is 42.5 Å². The van der Waals surface area contributed by atoms with E-state index in [1.165, 1.54) is 19.3 Å². The topological polar surface area (TPSA) is 65.5 Å². The van der Waals surface area contributed by atoms with Crippen LogP contribution in [0.1, 0.15) is 36.7 Å². The van der Waals surface area contributed by atoms with Crippen molar-refractivity contribution < 1.29 is 4.79 Å². The first kappa shape index (κ1) is 19.7. The first-order chi connectivity index (χ1) is 15.2. The summed E-state index contributed by atoms with van der Waals surface area (Å²) in [4.78, 5) is 24.0. The number of hydrogen-bond donors (Lipinski definition) is 0. The minimum atomic E-state index is -0.00281. The van der Waals surface area contributed by atoms with Gasteiger partial charge in [-0.15, -0.1) is 10.2 Å². The number of carbonyl (C=O) groups excluding carboxylic acids is 1. The number of fused-ring (bicyclic) bond motifs is 1. The lowest BCUT2D eigenvalue weighted by Gasteiger charge is -2.36. The summed E-state index contributed by atoms with van der Waals surface area (Å²) < 4.78 is 0. The third-order valence-electron chi connectivity index (χ3n) is 6.50. The normalized spacial score (nSPS) is 19.6. The maximum Gasteiger partial charge on any atom is 0.273 e. The van der Waals surface area contributed by atoms with Crippen LogP contribution in [-0.4, -0.2) is 64.8 Å². The summed E-state index contributed by atoms with van der Waals surface area (Å²) in [6, 6.07) is 14.5. The van der Waals surface area contributed by atoms with E-state index in [1.54, 1.807) is 6.20 Å². The van der Waals surface area contributed by atoms with Gasteiger partial charge in [-0.2, -0.15) is 0 Å². The van der Waals surface area contributed by atoms with Crippen LogP contribution < -0.4 is 9.80 Å². The molecule has 2 aromatic heterocycles. The van der Waals surface area contributed by atoms with Crippen molar-refractivity contribution >= 4 is 28.3 Å². The Bertz CT molecular complexity index is 1060. The Morgan fingerprint density at radius 3 is 2.45 bits per heavy atom. The predicted molar refractivity (Wildman–Crippen MR) is 123 cm³/mol. The molecule has 4 heterocycles. The fourth-order valence-electron chi connectivity index (χ4n) is 4.66. The number of anilines is 2. The van der Waals surface area contributed by atoms with Crippen molar-refractivity contribution in [3.8, 4) is 0 Å². The average Bonchev–Trinajstić information content (AvgIpc) is 2.84. The summed E-state index contributed by atoms with van der Waals surface area (Å²) in [5.74, 6) is 1.84. The molecule has 1 unspecified atom stereocenters. The number of hydrogen-bond acceptors (Lipinski definition) is 6. The lowest BCUT2D eigenvalue weighted by atomic mass is 10.0. The maximum absolute atomic E-state index is 13.1. The molecule has 2 fully saturated rings. The number of piperidine rings is 1. The Kier molecular flexibility index (Phi) is 5.40. The van der Waals surface area contributed by atoms with Crippen LogP contribution in [0.25, 0.3) is 10.8 Å². The van der Waals surface area contributed by atoms with Gasteiger partial charge in [-0.3, -0.25) is 9.78 Å². The number of benzene rings is 1. The van der Waals surface area contributed by atoms with Crippen LogP contribution in [-0.2, 0) is 0 Å². The minimum absolute atomic E-state index is 0.00281. The molecule has 0 bridgehead atoms. The number of pyridine rings is 1. The molecule has 1 aromatic carbocycles. The highest BCUT2D eigenvalue weighted by Gasteiger charge is 2.25. The van der Waals surface area contributed by atoms with Gasteiger partial charge in [-0.25, -0.2) is 0 Å². The zero-order valence-corrected chi connectivity index (χ0v) is 17.9. The largest absolute Gasteiger partial charge is 0.352 e. The number of rotatable bonds is 3. The fourth-order valence-corrected chi connectivity index (χ4v) is 4.66. The van der Waals surface area contributed by atoms with E-state index >= 15 is 0 Å². The summed E-state index contributed by atoms with van der Waals surface area (Å²) in [6.45, 7) is 6.09. The summed E-state index contributed by atoms with van der Waals surface area (Å²) >= 11 is 0. The Hall–Kier alpha value is -3.22. The molecular weight excluding hydrogens is 388 g/mol. The van der Waals surface area contributed by atoms with E-state index in [4.69, 9.17) is 0 Å². The van der Waals surface area contributed by atoms with Crippen molar-refractivity contribution in [3.05, 3.63) is 54.4 Å². The van der Waals surface area contributed by atoms with Gasteiger partial charge in [-0.05, 0) is 49.8 Å². The van der Waals surface area contributed by atoms with Gasteiger partial charge in [0.25, 0.3) is 5.91 Å². The van der Waals surface area contributed by atoms with Crippen LogP contribution in [0.2, 0.25) is 0 Å². The second kappa shape index (κ2) is 8.49. The first-order valence-electron chi connectivity index (χ1n) is 11.2. The molecule has 160 valence electrons. The van der Waals surface area contributed by atoms with Gasteiger partial charge in [0.1, 0.15) is 5.69 Å². The van der Waals surface area contributed by atoms with Crippen LogP contribution in [0.5, 0.6) is 0 Å². The van der Waals surface area contributed by atoms with Gasteiger partial charge in [0.05, 0.1) is 0 Å². The maximum atomic E-state index is 13.1. The van der Waals surface area contributed by atoms with E-state index in [-0.39, 0.29) is 5.91 Å². The van der Waals surface area contributed by atoms with E-state index in [2.05, 4.69) is 44.0 Å². The third kappa shape index (κ3) is 3.92. The van der Waals surface area contributed by atoms with Crippen molar-refractivity contribution in [2.45, 2.75) is 32.2 Å². The van der Waals surface area contributed by atoms with Gasteiger partial charge < -0.3 is 14.7 Å². The zero-order chi connectivity index (χ0) is 21.2. The Labute approximate surface area is 182 Å². The van der Waals surface area contributed by atoms with Gasteiger partial charge in [-0.1, -0.05) is 24.3 Å². The second-order valence-corrected chi connectivity index (χ2v) is 8.45. The summed E-state index contributed by atoms with van der Waals surface area (Å²) in [7, 11) is 0. The molecule has 31 heavy (non-hydrogen) atoms. The average molecular weight is 417 g/mol. The molecule has 0 spiro atoms. The van der Waals surface area contributed by atoms with Gasteiger partial charge in [0.2, 0.25) is 0 Å². The Morgan fingerprint density at radius 1 is 0.903 bits per heavy atom. The van der Waals surface area contributed by atoms with Gasteiger partial charge in [0, 0.05) is 50.3 Å². The van der Waals surface area contributed by atoms with Crippen LogP contribution in [0, 0.1) is 0 Å². The highest BCUT2D eigenvalue weighted by Crippen LogP contribution is 2.24. The van der Waals surface area contributed by atoms with Crippen molar-refractivity contribution in [1.29, 1.82) is 0 Å². The van der Waals surface area contributed by atoms with Gasteiger partial charge >= 0.3 is 0 Å². The molecule has 0 N–H and O–H groups in total. The second-order valence-electron chi connectivity index (χ2n) is 8.45. The molecule has 5 rings (SSSR count). The smallest absolute Gasteiger partial charge is 0.273 e. The SMILES string of the molecule is CC1CCCCN1c1ccc(N2CCN(C(=O)c3nccc4ccccc34)CC2)nn1. The van der Waals surface area contributed by atoms with E-state index < -0.39 is 0 Å². The number of nitrogens with zero attached hydrogens (tertiary/aromatic N) is 6. The molecule has 1 atom stereocenters. The third-order valence-corrected chi connectivity index (χ3v) is 6.50. The first-order valence-corrected chi connectivity index (χ1v) is 11.2. The lowest BCUT2D eigenvalue weighted by Crippen LogP contribution is -2.49. The summed E-state index contributed by atoms with van der Waals surface area (Å²) in [6.07, 6.45) is 5.44. The van der Waals surface area contributed by atoms with E-state index in [9.17, 15) is 4.79 Å². The molecule has 2 saturated heterocycles. The standard InChI is InChI=1S/C24H28N6O/c1-18-6-4-5-13-30(18)22-10-9-21(26-27-22)28-14-16-29(17-15-28)24(31)23-20-8-3-2-7-19(20)11-12-25-23/h2-3,7-12,18H,4-6,13-17H2,1H3. The van der Waals surface area contributed by atoms with E-state index in [0.717, 1.165) is 42.0 Å². The molecule has 7 heteroatoms. The highest BCUT2D eigenvalue weighted by molar-refractivity contribution is 6.05. The molecule has 1 amide bonds. The highest BCUT2D eigenvalue weighted by atomic mass is 16.2. The molecule has 0 radical (unpaired) electrons. The van der Waals surface area contributed by atoms with E-state index in [1.807, 2.05) is 35.2 Å². The fraction of sp³-hybridized carbons (Fsp3) is 0.417. The zero-order valence-electron chi connectivity index (χ0n) is 17.9. The monoisotopic (exact) mass is 416 g/mol. The number of aromatic nitrogens is 3. The van der Waals surface area contributed by atoms with Crippen LogP contribution in [0.3, 0.4) is 0 Å². The molecule has 0 aliphatic carbocycles. The molecule has 2 aliphatic heterocycles. The Morgan fingerprint density at radius 2 is 1.68 bits per heavy atom. The molecule has 7 nitrogen and oxygen atoms in total. The van der Waals surface area contributed by atoms with Crippen LogP contribution >= 0.6 is 0 Å². The summed E-state index contributed by atoms with van der Waals surface area (Å²) in [5.41, 5.74) is 0.534. The van der Waals surface area contributed by atoms with E-state index in [0.29, 0.717) is 24.8 Å². The number of carbonyl (C=O) groups is 1. The predicted octanol–water partition coefficient (Wildman–Crippen LogP) is 3.37. The number of piperazine rings is 1. The van der Waals surface area contributed by atoms with Crippen LogP contribution in [0.15, 0.2) is 48.7 Å². The van der Waals surface area contributed by atoms with Gasteiger partial charge in [0.15, 0.2) is 11.6 Å². The molecule has 0 saturated carbocycles. The summed E-state index contributed by atoms with van der Waals surface area (Å²) in [5, 5.41) is 11.0. The van der Waals surface area contributed by atoms with Crippen molar-refractivity contribution in [1.82, 2.24) is 20.1 Å². The minimum Gasteiger partial charge on any atom is -0.352 e. The molecular formula is C24H28N6O. The molecule has 2 aliphatic rings. The van der Waals surface area contributed by atoms with Crippen molar-refractivity contribution in [3.63, 3.8) is 0 Å². The van der Waals surface area contributed by atoms with Crippen molar-refractivity contribution in [2.24, 2.45) is 0 Å². The quantitative estimate of drug-likeness (QED) is 0.652. The number of amides is 1. The lowest BCUT2D eigenvalue weighted by molar-refractivity contribution is 0.0743. The molecule has 3 aromatic rings. The Balaban J connectivity index is 1.24.